The van der Waals surface area contributed by atoms with Crippen LogP contribution in [-0.4, -0.2) is 15.0 Å². The maximum Gasteiger partial charge on any atom is 0.416 e. The first-order valence-electron chi connectivity index (χ1n) is 9.21. The van der Waals surface area contributed by atoms with Gasteiger partial charge in [-0.15, -0.1) is 0 Å². The lowest BCUT2D eigenvalue weighted by molar-refractivity contribution is -0.137. The zero-order chi connectivity index (χ0) is 21.5. The monoisotopic (exact) mass is 409 g/mol. The summed E-state index contributed by atoms with van der Waals surface area (Å²) in [7, 11) is 2.86. The molecule has 0 saturated heterocycles. The van der Waals surface area contributed by atoms with Crippen LogP contribution in [0.5, 0.6) is 5.75 Å². The van der Waals surface area contributed by atoms with Crippen molar-refractivity contribution < 1.29 is 17.9 Å². The lowest BCUT2D eigenvalue weighted by Crippen LogP contribution is -2.39. The summed E-state index contributed by atoms with van der Waals surface area (Å²) in [4.78, 5) is 29.0. The molecular weight excluding hydrogens is 387 g/mol. The molecule has 2 atom stereocenters. The van der Waals surface area contributed by atoms with E-state index in [2.05, 4.69) is 4.99 Å². The second kappa shape index (κ2) is 7.53. The molecule has 1 fully saturated rings. The number of benzene rings is 1. The zero-order valence-corrected chi connectivity index (χ0v) is 16.6. The number of ether oxygens (including phenoxy) is 1. The number of hydrogen-bond acceptors (Lipinski definition) is 4. The van der Waals surface area contributed by atoms with Crippen molar-refractivity contribution >= 4 is 11.7 Å². The molecule has 1 aromatic carbocycles. The summed E-state index contributed by atoms with van der Waals surface area (Å²) in [5, 5.41) is 0. The van der Waals surface area contributed by atoms with E-state index in [1.165, 1.54) is 30.8 Å². The van der Waals surface area contributed by atoms with Gasteiger partial charge in [0.05, 0.1) is 11.1 Å². The summed E-state index contributed by atoms with van der Waals surface area (Å²) >= 11 is 0. The van der Waals surface area contributed by atoms with Crippen molar-refractivity contribution in [2.45, 2.75) is 32.9 Å². The van der Waals surface area contributed by atoms with Crippen LogP contribution in [-0.2, 0) is 20.3 Å². The average molecular weight is 409 g/mol. The van der Waals surface area contributed by atoms with Gasteiger partial charge in [-0.25, -0.2) is 4.79 Å². The summed E-state index contributed by atoms with van der Waals surface area (Å²) in [5.74, 6) is 0.462. The molecule has 2 unspecified atom stereocenters. The molecule has 0 bridgehead atoms. The molecule has 1 saturated carbocycles. The number of halogens is 3. The number of alkyl halides is 3. The minimum atomic E-state index is -4.49. The summed E-state index contributed by atoms with van der Waals surface area (Å²) < 4.78 is 47.1. The van der Waals surface area contributed by atoms with Crippen LogP contribution in [0.4, 0.5) is 19.0 Å². The van der Waals surface area contributed by atoms with Crippen LogP contribution in [0.3, 0.4) is 0 Å². The van der Waals surface area contributed by atoms with Crippen molar-refractivity contribution in [3.63, 3.8) is 0 Å². The largest absolute Gasteiger partial charge is 0.443 e. The van der Waals surface area contributed by atoms with E-state index < -0.39 is 23.0 Å². The normalized spacial score (nSPS) is 19.8. The van der Waals surface area contributed by atoms with Gasteiger partial charge in [-0.05, 0) is 43.9 Å². The van der Waals surface area contributed by atoms with Crippen LogP contribution in [0.2, 0.25) is 0 Å². The molecule has 0 aliphatic heterocycles. The van der Waals surface area contributed by atoms with Gasteiger partial charge in [0, 0.05) is 20.0 Å². The van der Waals surface area contributed by atoms with E-state index in [4.69, 9.17) is 4.74 Å². The van der Waals surface area contributed by atoms with Gasteiger partial charge in [0.25, 0.3) is 5.56 Å². The first-order chi connectivity index (χ1) is 13.5. The van der Waals surface area contributed by atoms with Crippen LogP contribution >= 0.6 is 0 Å². The smallest absolute Gasteiger partial charge is 0.416 e. The van der Waals surface area contributed by atoms with Crippen LogP contribution < -0.4 is 16.0 Å². The van der Waals surface area contributed by atoms with Gasteiger partial charge in [0.15, 0.2) is 5.90 Å². The molecule has 2 aromatic rings. The number of aliphatic imine (C=N–C) groups is 1. The third kappa shape index (κ3) is 3.99. The van der Waals surface area contributed by atoms with Gasteiger partial charge in [-0.3, -0.25) is 13.9 Å². The maximum atomic E-state index is 13.0. The number of aromatic nitrogens is 2. The Kier molecular flexibility index (Phi) is 5.42. The van der Waals surface area contributed by atoms with Crippen molar-refractivity contribution in [3.8, 4) is 5.75 Å². The van der Waals surface area contributed by atoms with Crippen molar-refractivity contribution in [2.24, 2.45) is 30.9 Å². The molecular formula is C20H22F3N3O3. The maximum absolute atomic E-state index is 13.0. The van der Waals surface area contributed by atoms with Crippen LogP contribution in [0.25, 0.3) is 0 Å². The lowest BCUT2D eigenvalue weighted by Gasteiger charge is -2.34. The first kappa shape index (κ1) is 20.9. The Morgan fingerprint density at radius 1 is 1.17 bits per heavy atom. The van der Waals surface area contributed by atoms with E-state index in [1.54, 1.807) is 6.92 Å². The minimum Gasteiger partial charge on any atom is -0.443 e. The van der Waals surface area contributed by atoms with Gasteiger partial charge >= 0.3 is 11.9 Å². The summed E-state index contributed by atoms with van der Waals surface area (Å²) in [6, 6.07) is 4.56. The highest BCUT2D eigenvalue weighted by Crippen LogP contribution is 2.37. The molecule has 0 radical (unpaired) electrons. The topological polar surface area (TPSA) is 65.6 Å². The molecule has 1 aliphatic rings. The van der Waals surface area contributed by atoms with Gasteiger partial charge in [0.2, 0.25) is 0 Å². The van der Waals surface area contributed by atoms with Crippen molar-refractivity contribution in [1.82, 2.24) is 9.13 Å². The molecule has 0 spiro atoms. The molecule has 3 rings (SSSR count). The minimum absolute atomic E-state index is 0.00385. The Morgan fingerprint density at radius 3 is 2.41 bits per heavy atom. The molecule has 6 nitrogen and oxygen atoms in total. The first-order valence-corrected chi connectivity index (χ1v) is 9.21. The fourth-order valence-corrected chi connectivity index (χ4v) is 3.34. The van der Waals surface area contributed by atoms with E-state index in [1.807, 2.05) is 6.92 Å². The van der Waals surface area contributed by atoms with E-state index in [0.29, 0.717) is 0 Å². The third-order valence-electron chi connectivity index (χ3n) is 5.39. The highest BCUT2D eigenvalue weighted by Gasteiger charge is 2.35. The molecule has 1 aliphatic carbocycles. The second-order valence-electron chi connectivity index (χ2n) is 7.39. The zero-order valence-electron chi connectivity index (χ0n) is 16.6. The highest BCUT2D eigenvalue weighted by molar-refractivity contribution is 5.84. The van der Waals surface area contributed by atoms with E-state index in [-0.39, 0.29) is 34.9 Å². The summed E-state index contributed by atoms with van der Waals surface area (Å²) in [5.41, 5.74) is -1.59. The average Bonchev–Trinajstić information content (AvgIpc) is 2.66. The quantitative estimate of drug-likeness (QED) is 0.575. The standard InChI is InChI=1S/C20H22F3N3O3/c1-11-8-9-15(11)17(29-14-7-5-6-13(10-14)20(21,22)23)24-16-12(2)18(27)26(4)19(28)25(16)3/h5-7,10-11,15H,8-9H2,1-4H3. The predicted molar refractivity (Wildman–Crippen MR) is 103 cm³/mol. The van der Waals surface area contributed by atoms with Crippen molar-refractivity contribution in [1.29, 1.82) is 0 Å². The van der Waals surface area contributed by atoms with Gasteiger partial charge in [0.1, 0.15) is 11.6 Å². The summed E-state index contributed by atoms with van der Waals surface area (Å²) in [6.07, 6.45) is -2.80. The Labute approximate surface area is 165 Å². The Morgan fingerprint density at radius 2 is 1.86 bits per heavy atom. The van der Waals surface area contributed by atoms with E-state index in [9.17, 15) is 22.8 Å². The predicted octanol–water partition coefficient (Wildman–Crippen LogP) is 3.57. The Hall–Kier alpha value is -2.84. The summed E-state index contributed by atoms with van der Waals surface area (Å²) in [6.45, 7) is 3.54. The lowest BCUT2D eigenvalue weighted by atomic mass is 9.75. The SMILES string of the molecule is Cc1c(N=C(Oc2cccc(C(F)(F)F)c2)C2CCC2C)n(C)c(=O)n(C)c1=O. The number of nitrogens with zero attached hydrogens (tertiary/aromatic N) is 3. The van der Waals surface area contributed by atoms with Gasteiger partial charge < -0.3 is 4.74 Å². The molecule has 1 aromatic heterocycles. The number of rotatable bonds is 3. The van der Waals surface area contributed by atoms with Crippen LogP contribution in [0.15, 0.2) is 38.8 Å². The third-order valence-corrected chi connectivity index (χ3v) is 5.39. The van der Waals surface area contributed by atoms with Crippen molar-refractivity contribution in [3.05, 3.63) is 56.2 Å². The Bertz CT molecular complexity index is 1050. The molecule has 0 amide bonds. The van der Waals surface area contributed by atoms with Gasteiger partial charge in [-0.1, -0.05) is 13.0 Å². The Balaban J connectivity index is 2.09. The number of hydrogen-bond donors (Lipinski definition) is 0. The molecule has 1 heterocycles. The van der Waals surface area contributed by atoms with Crippen LogP contribution in [0, 0.1) is 18.8 Å². The van der Waals surface area contributed by atoms with Gasteiger partial charge in [-0.2, -0.15) is 18.2 Å². The molecule has 29 heavy (non-hydrogen) atoms. The van der Waals surface area contributed by atoms with Crippen LogP contribution in [0.1, 0.15) is 30.9 Å². The molecule has 0 N–H and O–H groups in total. The van der Waals surface area contributed by atoms with Crippen molar-refractivity contribution in [2.75, 3.05) is 0 Å². The van der Waals surface area contributed by atoms with E-state index in [0.717, 1.165) is 29.5 Å². The highest BCUT2D eigenvalue weighted by atomic mass is 19.4. The fraction of sp³-hybridized carbons (Fsp3) is 0.450. The molecule has 156 valence electrons. The second-order valence-corrected chi connectivity index (χ2v) is 7.39. The molecule has 9 heteroatoms. The fourth-order valence-electron chi connectivity index (χ4n) is 3.34. The van der Waals surface area contributed by atoms with E-state index >= 15 is 0 Å².